The third-order valence-electron chi connectivity index (χ3n) is 4.21. The van der Waals surface area contributed by atoms with Crippen LogP contribution in [0.2, 0.25) is 5.02 Å². The molecule has 1 aromatic heterocycles. The Morgan fingerprint density at radius 3 is 2.81 bits per heavy atom. The second kappa shape index (κ2) is 8.22. The van der Waals surface area contributed by atoms with E-state index < -0.39 is 5.82 Å². The first-order valence-electron chi connectivity index (χ1n) is 8.38. The standard InChI is InChI=1S/C20H19ClFN3O2/c1-13(14-7-8-19(27-2)18(22)9-14)24-20(26)16-10-23-25(12-16)11-15-5-3-4-6-17(15)21/h3-10,12-13H,11H2,1-2H3,(H,24,26). The Morgan fingerprint density at radius 2 is 2.11 bits per heavy atom. The SMILES string of the molecule is COc1ccc(C(C)NC(=O)c2cnn(Cc3ccccc3Cl)c2)cc1F. The molecule has 0 saturated heterocycles. The van der Waals surface area contributed by atoms with Crippen LogP contribution in [0.4, 0.5) is 4.39 Å². The molecule has 5 nitrogen and oxygen atoms in total. The highest BCUT2D eigenvalue weighted by Gasteiger charge is 2.15. The highest BCUT2D eigenvalue weighted by Crippen LogP contribution is 2.22. The fraction of sp³-hybridized carbons (Fsp3) is 0.200. The fourth-order valence-corrected chi connectivity index (χ4v) is 2.88. The number of halogens is 2. The van der Waals surface area contributed by atoms with Crippen LogP contribution in [0.5, 0.6) is 5.75 Å². The van der Waals surface area contributed by atoms with Crippen molar-refractivity contribution in [2.75, 3.05) is 7.11 Å². The molecule has 3 rings (SSSR count). The summed E-state index contributed by atoms with van der Waals surface area (Å²) in [7, 11) is 1.41. The molecule has 0 aliphatic carbocycles. The van der Waals surface area contributed by atoms with Gasteiger partial charge in [0.2, 0.25) is 0 Å². The number of carbonyl (C=O) groups is 1. The van der Waals surface area contributed by atoms with E-state index >= 15 is 0 Å². The Balaban J connectivity index is 1.67. The number of methoxy groups -OCH3 is 1. The Hall–Kier alpha value is -2.86. The molecule has 27 heavy (non-hydrogen) atoms. The van der Waals surface area contributed by atoms with Crippen molar-refractivity contribution in [1.82, 2.24) is 15.1 Å². The minimum Gasteiger partial charge on any atom is -0.494 e. The van der Waals surface area contributed by atoms with Crippen molar-refractivity contribution in [2.45, 2.75) is 19.5 Å². The molecule has 1 amide bonds. The van der Waals surface area contributed by atoms with Crippen molar-refractivity contribution in [3.63, 3.8) is 0 Å². The molecule has 1 N–H and O–H groups in total. The van der Waals surface area contributed by atoms with Crippen LogP contribution < -0.4 is 10.1 Å². The van der Waals surface area contributed by atoms with E-state index in [1.54, 1.807) is 23.9 Å². The summed E-state index contributed by atoms with van der Waals surface area (Å²) in [6.07, 6.45) is 3.15. The average Bonchev–Trinajstić information content (AvgIpc) is 3.12. The molecule has 0 saturated carbocycles. The smallest absolute Gasteiger partial charge is 0.254 e. The molecule has 1 unspecified atom stereocenters. The molecular formula is C20H19ClFN3O2. The average molecular weight is 388 g/mol. The van der Waals surface area contributed by atoms with E-state index in [0.717, 1.165) is 5.56 Å². The zero-order valence-corrected chi connectivity index (χ0v) is 15.7. The second-order valence-corrected chi connectivity index (χ2v) is 6.51. The van der Waals surface area contributed by atoms with Crippen LogP contribution in [-0.2, 0) is 6.54 Å². The van der Waals surface area contributed by atoms with Gasteiger partial charge in [-0.05, 0) is 36.2 Å². The molecule has 0 radical (unpaired) electrons. The van der Waals surface area contributed by atoms with Gasteiger partial charge in [0.25, 0.3) is 5.91 Å². The van der Waals surface area contributed by atoms with Gasteiger partial charge in [-0.3, -0.25) is 9.48 Å². The van der Waals surface area contributed by atoms with E-state index in [-0.39, 0.29) is 17.7 Å². The number of benzene rings is 2. The van der Waals surface area contributed by atoms with Crippen LogP contribution >= 0.6 is 11.6 Å². The van der Waals surface area contributed by atoms with Crippen LogP contribution in [0.1, 0.15) is 34.5 Å². The summed E-state index contributed by atoms with van der Waals surface area (Å²) in [5.41, 5.74) is 1.98. The molecule has 140 valence electrons. The molecule has 0 aliphatic heterocycles. The van der Waals surface area contributed by atoms with Crippen LogP contribution in [0.3, 0.4) is 0 Å². The van der Waals surface area contributed by atoms with E-state index in [1.807, 2.05) is 24.3 Å². The number of amides is 1. The summed E-state index contributed by atoms with van der Waals surface area (Å²) in [6, 6.07) is 11.7. The van der Waals surface area contributed by atoms with Crippen molar-refractivity contribution in [3.8, 4) is 5.75 Å². The highest BCUT2D eigenvalue weighted by atomic mass is 35.5. The summed E-state index contributed by atoms with van der Waals surface area (Å²) in [4.78, 5) is 12.5. The summed E-state index contributed by atoms with van der Waals surface area (Å²) in [6.45, 7) is 2.25. The van der Waals surface area contributed by atoms with Gasteiger partial charge in [-0.25, -0.2) is 4.39 Å². The maximum Gasteiger partial charge on any atom is 0.254 e. The summed E-state index contributed by atoms with van der Waals surface area (Å²) in [5, 5.41) is 7.70. The van der Waals surface area contributed by atoms with Gasteiger partial charge in [0, 0.05) is 11.2 Å². The maximum atomic E-state index is 13.9. The monoisotopic (exact) mass is 387 g/mol. The summed E-state index contributed by atoms with van der Waals surface area (Å²) in [5.74, 6) is -0.592. The number of aromatic nitrogens is 2. The Kier molecular flexibility index (Phi) is 5.76. The van der Waals surface area contributed by atoms with Crippen LogP contribution in [0.15, 0.2) is 54.9 Å². The van der Waals surface area contributed by atoms with Gasteiger partial charge >= 0.3 is 0 Å². The summed E-state index contributed by atoms with van der Waals surface area (Å²) >= 11 is 6.15. The molecule has 1 atom stereocenters. The molecule has 0 spiro atoms. The summed E-state index contributed by atoms with van der Waals surface area (Å²) < 4.78 is 20.4. The normalized spacial score (nSPS) is 11.9. The largest absolute Gasteiger partial charge is 0.494 e. The lowest BCUT2D eigenvalue weighted by molar-refractivity contribution is 0.0939. The van der Waals surface area contributed by atoms with Crippen molar-refractivity contribution >= 4 is 17.5 Å². The lowest BCUT2D eigenvalue weighted by Crippen LogP contribution is -2.26. The first-order valence-corrected chi connectivity index (χ1v) is 8.76. The Morgan fingerprint density at radius 1 is 1.33 bits per heavy atom. The molecule has 0 fully saturated rings. The van der Waals surface area contributed by atoms with Crippen molar-refractivity contribution in [3.05, 3.63) is 82.4 Å². The predicted octanol–water partition coefficient (Wildman–Crippen LogP) is 4.22. The molecule has 3 aromatic rings. The topological polar surface area (TPSA) is 56.1 Å². The van der Waals surface area contributed by atoms with Gasteiger partial charge in [0.15, 0.2) is 11.6 Å². The predicted molar refractivity (Wildman–Crippen MR) is 102 cm³/mol. The number of carbonyl (C=O) groups excluding carboxylic acids is 1. The fourth-order valence-electron chi connectivity index (χ4n) is 2.68. The van der Waals surface area contributed by atoms with E-state index in [1.165, 1.54) is 25.4 Å². The molecule has 7 heteroatoms. The first-order chi connectivity index (χ1) is 13.0. The first kappa shape index (κ1) is 18.9. The number of nitrogens with one attached hydrogen (secondary N) is 1. The Labute approximate surface area is 161 Å². The third-order valence-corrected chi connectivity index (χ3v) is 4.58. The van der Waals surface area contributed by atoms with Gasteiger partial charge in [0.05, 0.1) is 31.5 Å². The molecule has 0 bridgehead atoms. The number of nitrogens with zero attached hydrogens (tertiary/aromatic N) is 2. The van der Waals surface area contributed by atoms with E-state index in [2.05, 4.69) is 10.4 Å². The lowest BCUT2D eigenvalue weighted by atomic mass is 10.1. The van der Waals surface area contributed by atoms with Crippen molar-refractivity contribution in [2.24, 2.45) is 0 Å². The van der Waals surface area contributed by atoms with Gasteiger partial charge in [-0.15, -0.1) is 0 Å². The number of hydrogen-bond donors (Lipinski definition) is 1. The molecule has 2 aromatic carbocycles. The zero-order chi connectivity index (χ0) is 19.4. The van der Waals surface area contributed by atoms with Gasteiger partial charge in [0.1, 0.15) is 0 Å². The van der Waals surface area contributed by atoms with Crippen molar-refractivity contribution in [1.29, 1.82) is 0 Å². The van der Waals surface area contributed by atoms with Gasteiger partial charge < -0.3 is 10.1 Å². The van der Waals surface area contributed by atoms with E-state index in [4.69, 9.17) is 16.3 Å². The zero-order valence-electron chi connectivity index (χ0n) is 14.9. The second-order valence-electron chi connectivity index (χ2n) is 6.11. The van der Waals surface area contributed by atoms with Gasteiger partial charge in [-0.2, -0.15) is 5.10 Å². The van der Waals surface area contributed by atoms with Crippen LogP contribution in [0.25, 0.3) is 0 Å². The van der Waals surface area contributed by atoms with E-state index in [9.17, 15) is 9.18 Å². The maximum absolute atomic E-state index is 13.9. The highest BCUT2D eigenvalue weighted by molar-refractivity contribution is 6.31. The van der Waals surface area contributed by atoms with Gasteiger partial charge in [-0.1, -0.05) is 35.9 Å². The van der Waals surface area contributed by atoms with Crippen LogP contribution in [-0.4, -0.2) is 22.8 Å². The molecule has 1 heterocycles. The third kappa shape index (κ3) is 4.46. The number of hydrogen-bond acceptors (Lipinski definition) is 3. The lowest BCUT2D eigenvalue weighted by Gasteiger charge is -2.14. The number of rotatable bonds is 6. The Bertz CT molecular complexity index is 958. The van der Waals surface area contributed by atoms with Crippen LogP contribution in [0, 0.1) is 5.82 Å². The molecule has 0 aliphatic rings. The number of ether oxygens (including phenoxy) is 1. The molecular weight excluding hydrogens is 369 g/mol. The van der Waals surface area contributed by atoms with E-state index in [0.29, 0.717) is 22.7 Å². The van der Waals surface area contributed by atoms with Crippen molar-refractivity contribution < 1.29 is 13.9 Å². The quantitative estimate of drug-likeness (QED) is 0.688. The minimum atomic E-state index is -0.469. The minimum absolute atomic E-state index is 0.165.